The second-order valence-electron chi connectivity index (χ2n) is 11.3. The Morgan fingerprint density at radius 2 is 1.90 bits per heavy atom. The summed E-state index contributed by atoms with van der Waals surface area (Å²) in [7, 11) is 0. The molecule has 222 valence electrons. The van der Waals surface area contributed by atoms with Gasteiger partial charge in [0, 0.05) is 49.3 Å². The van der Waals surface area contributed by atoms with E-state index >= 15 is 0 Å². The molecule has 42 heavy (non-hydrogen) atoms. The van der Waals surface area contributed by atoms with Crippen LogP contribution in [0.15, 0.2) is 42.9 Å². The highest BCUT2D eigenvalue weighted by Gasteiger charge is 2.26. The molecule has 3 atom stereocenters. The average Bonchev–Trinajstić information content (AvgIpc) is 3.72. The standard InChI is InChI=1S/C31H39N7O4/c1-22-21-39-18-15-37(22)27-20-24(25-10-13-36(35-25)14-19-42-29-7-3-5-17-41-29)23-8-11-32-31(30(23)34-27)26-9-12-33-38(26)28-6-2-4-16-40-28/h8-13,20,22,28-29H,2-7,14-19,21H2,1H3. The van der Waals surface area contributed by atoms with E-state index in [2.05, 4.69) is 29.1 Å². The first kappa shape index (κ1) is 27.5. The molecule has 0 amide bonds. The summed E-state index contributed by atoms with van der Waals surface area (Å²) in [5.74, 6) is 0.898. The Morgan fingerprint density at radius 3 is 2.74 bits per heavy atom. The molecule has 3 aliphatic heterocycles. The Kier molecular flexibility index (Phi) is 8.15. The van der Waals surface area contributed by atoms with E-state index < -0.39 is 0 Å². The van der Waals surface area contributed by atoms with Crippen LogP contribution in [0.2, 0.25) is 0 Å². The lowest BCUT2D eigenvalue weighted by Gasteiger charge is -2.34. The predicted octanol–water partition coefficient (Wildman–Crippen LogP) is 4.82. The van der Waals surface area contributed by atoms with Crippen molar-refractivity contribution in [2.24, 2.45) is 0 Å². The van der Waals surface area contributed by atoms with Gasteiger partial charge in [0.05, 0.1) is 43.8 Å². The van der Waals surface area contributed by atoms with Crippen molar-refractivity contribution in [1.29, 1.82) is 0 Å². The highest BCUT2D eigenvalue weighted by Crippen LogP contribution is 2.36. The lowest BCUT2D eigenvalue weighted by atomic mass is 10.0. The molecule has 0 aromatic carbocycles. The minimum Gasteiger partial charge on any atom is -0.377 e. The maximum atomic E-state index is 6.10. The molecule has 4 aromatic rings. The summed E-state index contributed by atoms with van der Waals surface area (Å²) in [6, 6.07) is 8.48. The minimum atomic E-state index is -0.102. The predicted molar refractivity (Wildman–Crippen MR) is 158 cm³/mol. The van der Waals surface area contributed by atoms with Crippen LogP contribution in [0.25, 0.3) is 33.5 Å². The summed E-state index contributed by atoms with van der Waals surface area (Å²) in [6.45, 7) is 7.03. The van der Waals surface area contributed by atoms with Crippen molar-refractivity contribution in [1.82, 2.24) is 29.5 Å². The van der Waals surface area contributed by atoms with Crippen LogP contribution in [-0.4, -0.2) is 81.4 Å². The Hall–Kier alpha value is -3.38. The third-order valence-electron chi connectivity index (χ3n) is 8.40. The molecule has 0 bridgehead atoms. The van der Waals surface area contributed by atoms with Crippen molar-refractivity contribution in [3.8, 4) is 22.6 Å². The number of rotatable bonds is 8. The van der Waals surface area contributed by atoms with Crippen LogP contribution < -0.4 is 4.90 Å². The SMILES string of the molecule is CC1COCCN1c1cc(-c2ccn(CCOC3CCCCO3)n2)c2ccnc(-c3ccnn3C3CCCCO3)c2n1. The first-order valence-electron chi connectivity index (χ1n) is 15.3. The highest BCUT2D eigenvalue weighted by molar-refractivity contribution is 6.01. The van der Waals surface area contributed by atoms with Gasteiger partial charge in [0.1, 0.15) is 17.0 Å². The van der Waals surface area contributed by atoms with Gasteiger partial charge in [0.15, 0.2) is 12.5 Å². The average molecular weight is 574 g/mol. The number of anilines is 1. The highest BCUT2D eigenvalue weighted by atomic mass is 16.7. The number of hydrogen-bond acceptors (Lipinski definition) is 9. The van der Waals surface area contributed by atoms with E-state index in [0.717, 1.165) is 97.6 Å². The van der Waals surface area contributed by atoms with Crippen molar-refractivity contribution in [2.75, 3.05) is 44.5 Å². The first-order chi connectivity index (χ1) is 20.7. The summed E-state index contributed by atoms with van der Waals surface area (Å²) in [5.41, 5.74) is 4.44. The maximum absolute atomic E-state index is 6.10. The Balaban J connectivity index is 1.26. The zero-order chi connectivity index (χ0) is 28.3. The second-order valence-corrected chi connectivity index (χ2v) is 11.3. The van der Waals surface area contributed by atoms with Crippen LogP contribution in [0.5, 0.6) is 0 Å². The Labute approximate surface area is 245 Å². The lowest BCUT2D eigenvalue weighted by Crippen LogP contribution is -2.44. The molecule has 7 heterocycles. The van der Waals surface area contributed by atoms with Gasteiger partial charge in [-0.25, -0.2) is 9.67 Å². The lowest BCUT2D eigenvalue weighted by molar-refractivity contribution is -0.163. The molecule has 7 rings (SSSR count). The van der Waals surface area contributed by atoms with Gasteiger partial charge in [0.2, 0.25) is 0 Å². The number of ether oxygens (including phenoxy) is 4. The number of nitrogens with zero attached hydrogens (tertiary/aromatic N) is 7. The number of aromatic nitrogens is 6. The van der Waals surface area contributed by atoms with Crippen LogP contribution >= 0.6 is 0 Å². The molecule has 3 aliphatic rings. The fourth-order valence-corrected chi connectivity index (χ4v) is 6.15. The quantitative estimate of drug-likeness (QED) is 0.293. The number of pyridine rings is 2. The number of morpholine rings is 1. The van der Waals surface area contributed by atoms with E-state index in [9.17, 15) is 0 Å². The summed E-state index contributed by atoms with van der Waals surface area (Å²) in [6.07, 6.45) is 11.9. The van der Waals surface area contributed by atoms with Crippen molar-refractivity contribution in [3.05, 3.63) is 42.9 Å². The van der Waals surface area contributed by atoms with Crippen LogP contribution in [0.3, 0.4) is 0 Å². The molecule has 3 fully saturated rings. The summed E-state index contributed by atoms with van der Waals surface area (Å²) >= 11 is 0. The van der Waals surface area contributed by atoms with E-state index in [1.807, 2.05) is 40.1 Å². The van der Waals surface area contributed by atoms with E-state index in [1.165, 1.54) is 0 Å². The molecule has 4 aromatic heterocycles. The van der Waals surface area contributed by atoms with Gasteiger partial charge in [-0.15, -0.1) is 0 Å². The molecule has 3 unspecified atom stereocenters. The molecule has 0 N–H and O–H groups in total. The van der Waals surface area contributed by atoms with Gasteiger partial charge >= 0.3 is 0 Å². The fourth-order valence-electron chi connectivity index (χ4n) is 6.15. The first-order valence-corrected chi connectivity index (χ1v) is 15.3. The van der Waals surface area contributed by atoms with Gasteiger partial charge in [-0.05, 0) is 69.7 Å². The van der Waals surface area contributed by atoms with Crippen LogP contribution in [0, 0.1) is 0 Å². The van der Waals surface area contributed by atoms with Crippen LogP contribution in [0.1, 0.15) is 51.7 Å². The monoisotopic (exact) mass is 573 g/mol. The molecular weight excluding hydrogens is 534 g/mol. The number of hydrogen-bond donors (Lipinski definition) is 0. The largest absolute Gasteiger partial charge is 0.377 e. The minimum absolute atomic E-state index is 0.0975. The molecule has 11 heteroatoms. The van der Waals surface area contributed by atoms with Gasteiger partial charge in [-0.2, -0.15) is 10.2 Å². The van der Waals surface area contributed by atoms with Gasteiger partial charge in [-0.3, -0.25) is 9.67 Å². The molecule has 3 saturated heterocycles. The molecular formula is C31H39N7O4. The van der Waals surface area contributed by atoms with E-state index in [0.29, 0.717) is 26.4 Å². The zero-order valence-corrected chi connectivity index (χ0v) is 24.2. The third-order valence-corrected chi connectivity index (χ3v) is 8.40. The van der Waals surface area contributed by atoms with Crippen LogP contribution in [0.4, 0.5) is 5.82 Å². The summed E-state index contributed by atoms with van der Waals surface area (Å²) in [4.78, 5) is 12.4. The van der Waals surface area contributed by atoms with E-state index in [4.69, 9.17) is 34.0 Å². The molecule has 11 nitrogen and oxygen atoms in total. The van der Waals surface area contributed by atoms with Crippen molar-refractivity contribution >= 4 is 16.7 Å². The van der Waals surface area contributed by atoms with E-state index in [1.54, 1.807) is 0 Å². The molecule has 0 radical (unpaired) electrons. The Morgan fingerprint density at radius 1 is 1.00 bits per heavy atom. The fraction of sp³-hybridized carbons (Fsp3) is 0.548. The Bertz CT molecular complexity index is 1490. The zero-order valence-electron chi connectivity index (χ0n) is 24.2. The van der Waals surface area contributed by atoms with Gasteiger partial charge in [0.25, 0.3) is 0 Å². The van der Waals surface area contributed by atoms with Gasteiger partial charge < -0.3 is 23.8 Å². The van der Waals surface area contributed by atoms with E-state index in [-0.39, 0.29) is 18.6 Å². The smallest absolute Gasteiger partial charge is 0.157 e. The summed E-state index contributed by atoms with van der Waals surface area (Å²) < 4.78 is 27.4. The van der Waals surface area contributed by atoms with Crippen LogP contribution in [-0.2, 0) is 25.5 Å². The molecule has 0 aliphatic carbocycles. The maximum Gasteiger partial charge on any atom is 0.157 e. The number of fused-ring (bicyclic) bond motifs is 1. The van der Waals surface area contributed by atoms with Crippen molar-refractivity contribution in [2.45, 2.75) is 70.6 Å². The van der Waals surface area contributed by atoms with Gasteiger partial charge in [-0.1, -0.05) is 0 Å². The molecule has 0 saturated carbocycles. The van der Waals surface area contributed by atoms with Crippen molar-refractivity contribution in [3.63, 3.8) is 0 Å². The summed E-state index contributed by atoms with van der Waals surface area (Å²) in [5, 5.41) is 10.6. The second kappa shape index (κ2) is 12.5. The molecule has 0 spiro atoms. The third kappa shape index (κ3) is 5.66. The topological polar surface area (TPSA) is 102 Å². The van der Waals surface area contributed by atoms with Crippen molar-refractivity contribution < 1.29 is 18.9 Å². The normalized spacial score (nSPS) is 23.5.